The molecule has 2 atom stereocenters. The van der Waals surface area contributed by atoms with Crippen molar-refractivity contribution in [2.24, 2.45) is 11.8 Å². The van der Waals surface area contributed by atoms with Crippen molar-refractivity contribution in [2.75, 3.05) is 17.6 Å². The monoisotopic (exact) mass is 275 g/mol. The standard InChI is InChI=1S/C14H17N3O3/c1-8-9(2)14(20)17(13(8)19)7-12(18)16-11-5-3-10(15)4-6-11/h3-6,8-9H,7,15H2,1-2H3,(H,16,18). The molecule has 3 amide bonds. The first kappa shape index (κ1) is 14.0. The van der Waals surface area contributed by atoms with Crippen LogP contribution in [-0.4, -0.2) is 29.2 Å². The summed E-state index contributed by atoms with van der Waals surface area (Å²) in [7, 11) is 0. The van der Waals surface area contributed by atoms with E-state index in [1.807, 2.05) is 0 Å². The Bertz CT molecular complexity index is 533. The van der Waals surface area contributed by atoms with Crippen molar-refractivity contribution >= 4 is 29.1 Å². The molecule has 0 saturated carbocycles. The van der Waals surface area contributed by atoms with E-state index in [-0.39, 0.29) is 30.2 Å². The van der Waals surface area contributed by atoms with Gasteiger partial charge in [-0.15, -0.1) is 0 Å². The van der Waals surface area contributed by atoms with Crippen LogP contribution >= 0.6 is 0 Å². The summed E-state index contributed by atoms with van der Waals surface area (Å²) in [5.41, 5.74) is 6.71. The number of nitrogen functional groups attached to an aromatic ring is 1. The molecule has 0 bridgehead atoms. The second kappa shape index (κ2) is 5.32. The molecule has 6 heteroatoms. The number of benzene rings is 1. The Hall–Kier alpha value is -2.37. The summed E-state index contributed by atoms with van der Waals surface area (Å²) in [6, 6.07) is 6.63. The number of anilines is 2. The Morgan fingerprint density at radius 3 is 2.15 bits per heavy atom. The summed E-state index contributed by atoms with van der Waals surface area (Å²) in [4.78, 5) is 36.6. The molecule has 1 aliphatic heterocycles. The Morgan fingerprint density at radius 1 is 1.15 bits per heavy atom. The number of hydrogen-bond donors (Lipinski definition) is 2. The Morgan fingerprint density at radius 2 is 1.65 bits per heavy atom. The fourth-order valence-corrected chi connectivity index (χ4v) is 2.09. The van der Waals surface area contributed by atoms with E-state index in [0.29, 0.717) is 11.4 Å². The molecule has 2 rings (SSSR count). The summed E-state index contributed by atoms with van der Waals surface area (Å²) in [5.74, 6) is -1.73. The van der Waals surface area contributed by atoms with Crippen LogP contribution in [0.1, 0.15) is 13.8 Å². The van der Waals surface area contributed by atoms with E-state index in [9.17, 15) is 14.4 Å². The summed E-state index contributed by atoms with van der Waals surface area (Å²) < 4.78 is 0. The molecule has 0 aromatic heterocycles. The fourth-order valence-electron chi connectivity index (χ4n) is 2.09. The van der Waals surface area contributed by atoms with E-state index in [2.05, 4.69) is 5.32 Å². The molecule has 2 unspecified atom stereocenters. The van der Waals surface area contributed by atoms with E-state index in [4.69, 9.17) is 5.73 Å². The number of likely N-dealkylation sites (tertiary alicyclic amines) is 1. The molecule has 0 aliphatic carbocycles. The summed E-state index contributed by atoms with van der Waals surface area (Å²) in [6.45, 7) is 3.14. The van der Waals surface area contributed by atoms with Gasteiger partial charge in [0.05, 0.1) is 0 Å². The lowest BCUT2D eigenvalue weighted by atomic mass is 10.00. The zero-order valence-corrected chi connectivity index (χ0v) is 11.4. The van der Waals surface area contributed by atoms with Gasteiger partial charge in [-0.1, -0.05) is 13.8 Å². The number of nitrogens with zero attached hydrogens (tertiary/aromatic N) is 1. The van der Waals surface area contributed by atoms with E-state index < -0.39 is 5.91 Å². The lowest BCUT2D eigenvalue weighted by Gasteiger charge is -2.14. The number of amides is 3. The predicted molar refractivity (Wildman–Crippen MR) is 74.5 cm³/mol. The third kappa shape index (κ3) is 2.64. The molecule has 106 valence electrons. The van der Waals surface area contributed by atoms with E-state index >= 15 is 0 Å². The van der Waals surface area contributed by atoms with Gasteiger partial charge in [0.15, 0.2) is 0 Å². The maximum atomic E-state index is 11.9. The van der Waals surface area contributed by atoms with Gasteiger partial charge in [-0.2, -0.15) is 0 Å². The van der Waals surface area contributed by atoms with Crippen molar-refractivity contribution in [3.8, 4) is 0 Å². The van der Waals surface area contributed by atoms with Gasteiger partial charge in [0.25, 0.3) is 0 Å². The van der Waals surface area contributed by atoms with Crippen molar-refractivity contribution in [3.63, 3.8) is 0 Å². The largest absolute Gasteiger partial charge is 0.399 e. The third-order valence-electron chi connectivity index (χ3n) is 3.56. The fraction of sp³-hybridized carbons (Fsp3) is 0.357. The molecule has 1 saturated heterocycles. The van der Waals surface area contributed by atoms with Crippen LogP contribution in [-0.2, 0) is 14.4 Å². The van der Waals surface area contributed by atoms with Gasteiger partial charge in [-0.05, 0) is 24.3 Å². The highest BCUT2D eigenvalue weighted by Crippen LogP contribution is 2.25. The number of hydrogen-bond acceptors (Lipinski definition) is 4. The minimum atomic E-state index is -0.405. The van der Waals surface area contributed by atoms with Crippen LogP contribution in [0.2, 0.25) is 0 Å². The maximum absolute atomic E-state index is 11.9. The molecule has 6 nitrogen and oxygen atoms in total. The molecular formula is C14H17N3O3. The molecule has 0 radical (unpaired) electrons. The van der Waals surface area contributed by atoms with Gasteiger partial charge < -0.3 is 11.1 Å². The predicted octanol–water partition coefficient (Wildman–Crippen LogP) is 0.848. The zero-order chi connectivity index (χ0) is 14.9. The maximum Gasteiger partial charge on any atom is 0.244 e. The smallest absolute Gasteiger partial charge is 0.244 e. The number of carbonyl (C=O) groups excluding carboxylic acids is 3. The number of carbonyl (C=O) groups is 3. The van der Waals surface area contributed by atoms with Gasteiger partial charge in [0, 0.05) is 23.2 Å². The Kier molecular flexibility index (Phi) is 3.74. The molecule has 20 heavy (non-hydrogen) atoms. The second-order valence-corrected chi connectivity index (χ2v) is 5.01. The van der Waals surface area contributed by atoms with Gasteiger partial charge in [0.2, 0.25) is 17.7 Å². The number of nitrogens with one attached hydrogen (secondary N) is 1. The second-order valence-electron chi connectivity index (χ2n) is 5.01. The number of nitrogens with two attached hydrogens (primary N) is 1. The first-order chi connectivity index (χ1) is 9.40. The Balaban J connectivity index is 2.00. The molecule has 1 heterocycles. The first-order valence-corrected chi connectivity index (χ1v) is 6.40. The van der Waals surface area contributed by atoms with E-state index in [1.54, 1.807) is 38.1 Å². The minimum Gasteiger partial charge on any atom is -0.399 e. The van der Waals surface area contributed by atoms with Crippen LogP contribution in [0.5, 0.6) is 0 Å². The van der Waals surface area contributed by atoms with Gasteiger partial charge in [-0.3, -0.25) is 19.3 Å². The average Bonchev–Trinajstić information content (AvgIpc) is 2.59. The Labute approximate surface area is 116 Å². The normalized spacial score (nSPS) is 22.2. The number of rotatable bonds is 3. The minimum absolute atomic E-state index is 0.253. The summed E-state index contributed by atoms with van der Waals surface area (Å²) in [6.07, 6.45) is 0. The van der Waals surface area contributed by atoms with Crippen molar-refractivity contribution in [3.05, 3.63) is 24.3 Å². The summed E-state index contributed by atoms with van der Waals surface area (Å²) in [5, 5.41) is 2.63. The zero-order valence-electron chi connectivity index (χ0n) is 11.4. The van der Waals surface area contributed by atoms with E-state index in [1.165, 1.54) is 0 Å². The molecule has 1 aliphatic rings. The van der Waals surface area contributed by atoms with Crippen LogP contribution in [0.4, 0.5) is 11.4 Å². The van der Waals surface area contributed by atoms with Crippen molar-refractivity contribution in [1.82, 2.24) is 4.90 Å². The lowest BCUT2D eigenvalue weighted by Crippen LogP contribution is -2.38. The van der Waals surface area contributed by atoms with E-state index in [0.717, 1.165) is 4.90 Å². The van der Waals surface area contributed by atoms with Crippen molar-refractivity contribution < 1.29 is 14.4 Å². The lowest BCUT2D eigenvalue weighted by molar-refractivity contribution is -0.142. The van der Waals surface area contributed by atoms with Crippen LogP contribution in [0.3, 0.4) is 0 Å². The molecule has 1 aromatic rings. The van der Waals surface area contributed by atoms with Gasteiger partial charge >= 0.3 is 0 Å². The average molecular weight is 275 g/mol. The quantitative estimate of drug-likeness (QED) is 0.631. The highest BCUT2D eigenvalue weighted by Gasteiger charge is 2.42. The SMILES string of the molecule is CC1C(=O)N(CC(=O)Nc2ccc(N)cc2)C(=O)C1C. The van der Waals surface area contributed by atoms with Crippen molar-refractivity contribution in [1.29, 1.82) is 0 Å². The van der Waals surface area contributed by atoms with Crippen LogP contribution in [0.15, 0.2) is 24.3 Å². The molecule has 1 fully saturated rings. The molecule has 3 N–H and O–H groups in total. The van der Waals surface area contributed by atoms with Crippen LogP contribution < -0.4 is 11.1 Å². The van der Waals surface area contributed by atoms with Crippen LogP contribution in [0.25, 0.3) is 0 Å². The first-order valence-electron chi connectivity index (χ1n) is 6.40. The molecule has 0 spiro atoms. The number of imide groups is 1. The summed E-state index contributed by atoms with van der Waals surface area (Å²) >= 11 is 0. The van der Waals surface area contributed by atoms with Crippen LogP contribution in [0, 0.1) is 11.8 Å². The van der Waals surface area contributed by atoms with Crippen molar-refractivity contribution in [2.45, 2.75) is 13.8 Å². The highest BCUT2D eigenvalue weighted by atomic mass is 16.2. The van der Waals surface area contributed by atoms with Gasteiger partial charge in [0.1, 0.15) is 6.54 Å². The molecule has 1 aromatic carbocycles. The van der Waals surface area contributed by atoms with Gasteiger partial charge in [-0.25, -0.2) is 0 Å². The topological polar surface area (TPSA) is 92.5 Å². The molecular weight excluding hydrogens is 258 g/mol. The third-order valence-corrected chi connectivity index (χ3v) is 3.56. The highest BCUT2D eigenvalue weighted by molar-refractivity contribution is 6.08.